The van der Waals surface area contributed by atoms with Gasteiger partial charge >= 0.3 is 6.18 Å². The number of rotatable bonds is 6. The molecular weight excluding hydrogens is 447 g/mol. The highest BCUT2D eigenvalue weighted by molar-refractivity contribution is 7.86. The number of methoxy groups -OCH3 is 1. The summed E-state index contributed by atoms with van der Waals surface area (Å²) in [5.74, 6) is 0.689. The number of nitrogens with one attached hydrogen (secondary N) is 3. The number of anilines is 3. The standard InChI is InChI=1S/C21H18F3N3O2S2/c1-29-16-10-6-15(7-11-16)27-31(28)17-12-8-14(9-13-17)25-20(30)26-19-5-3-2-4-18(19)21(22,23)24/h2-13,27H,1H3,(H2,25,26,30). The Hall–Kier alpha value is -3.11. The fourth-order valence-corrected chi connectivity index (χ4v) is 3.69. The van der Waals surface area contributed by atoms with Crippen LogP contribution in [0.25, 0.3) is 0 Å². The quantitative estimate of drug-likeness (QED) is 0.410. The molecule has 3 aromatic rings. The van der Waals surface area contributed by atoms with Crippen molar-refractivity contribution >= 4 is 45.4 Å². The molecule has 162 valence electrons. The van der Waals surface area contributed by atoms with E-state index in [1.54, 1.807) is 55.6 Å². The molecule has 1 atom stereocenters. The zero-order valence-electron chi connectivity index (χ0n) is 16.2. The number of halogens is 3. The van der Waals surface area contributed by atoms with Crippen molar-refractivity contribution in [2.75, 3.05) is 22.5 Å². The highest BCUT2D eigenvalue weighted by Crippen LogP contribution is 2.34. The maximum absolute atomic E-state index is 13.1. The van der Waals surface area contributed by atoms with Crippen molar-refractivity contribution < 1.29 is 22.1 Å². The molecule has 0 heterocycles. The number of para-hydroxylation sites is 1. The molecule has 0 aromatic heterocycles. The number of hydrogen-bond acceptors (Lipinski definition) is 3. The first-order chi connectivity index (χ1) is 14.8. The zero-order valence-corrected chi connectivity index (χ0v) is 17.8. The second-order valence-electron chi connectivity index (χ2n) is 6.25. The number of thiocarbonyl (C=S) groups is 1. The first-order valence-electron chi connectivity index (χ1n) is 8.93. The third-order valence-corrected chi connectivity index (χ3v) is 5.43. The molecule has 5 nitrogen and oxygen atoms in total. The molecule has 3 aromatic carbocycles. The highest BCUT2D eigenvalue weighted by atomic mass is 32.2. The minimum absolute atomic E-state index is 0.00179. The molecule has 0 aliphatic carbocycles. The average Bonchev–Trinajstić information content (AvgIpc) is 2.74. The molecule has 3 rings (SSSR count). The van der Waals surface area contributed by atoms with E-state index in [1.807, 2.05) is 0 Å². The van der Waals surface area contributed by atoms with Gasteiger partial charge in [-0.1, -0.05) is 12.1 Å². The number of benzene rings is 3. The molecule has 0 aliphatic heterocycles. The van der Waals surface area contributed by atoms with E-state index in [0.29, 0.717) is 22.0 Å². The molecule has 10 heteroatoms. The fraction of sp³-hybridized carbons (Fsp3) is 0.0952. The lowest BCUT2D eigenvalue weighted by Gasteiger charge is -2.16. The Balaban J connectivity index is 1.61. The van der Waals surface area contributed by atoms with Gasteiger partial charge in [-0.05, 0) is 72.9 Å². The highest BCUT2D eigenvalue weighted by Gasteiger charge is 2.33. The van der Waals surface area contributed by atoms with Crippen molar-refractivity contribution in [2.45, 2.75) is 11.1 Å². The number of alkyl halides is 3. The molecule has 3 N–H and O–H groups in total. The summed E-state index contributed by atoms with van der Waals surface area (Å²) in [4.78, 5) is 0.516. The van der Waals surface area contributed by atoms with Gasteiger partial charge < -0.3 is 20.1 Å². The summed E-state index contributed by atoms with van der Waals surface area (Å²) in [6.07, 6.45) is -4.50. The van der Waals surface area contributed by atoms with E-state index < -0.39 is 22.7 Å². The van der Waals surface area contributed by atoms with Crippen molar-refractivity contribution in [2.24, 2.45) is 0 Å². The number of hydrogen-bond donors (Lipinski definition) is 3. The van der Waals surface area contributed by atoms with E-state index in [9.17, 15) is 17.4 Å². The van der Waals surface area contributed by atoms with E-state index in [1.165, 1.54) is 18.2 Å². The van der Waals surface area contributed by atoms with Crippen molar-refractivity contribution in [3.05, 3.63) is 78.4 Å². The molecular formula is C21H18F3N3O2S2. The first-order valence-corrected chi connectivity index (χ1v) is 10.5. The fourth-order valence-electron chi connectivity index (χ4n) is 2.61. The summed E-state index contributed by atoms with van der Waals surface area (Å²) in [5.41, 5.74) is 0.241. The Morgan fingerprint density at radius 1 is 0.903 bits per heavy atom. The van der Waals surface area contributed by atoms with Crippen LogP contribution in [0.2, 0.25) is 0 Å². The van der Waals surface area contributed by atoms with Crippen LogP contribution in [0.1, 0.15) is 5.56 Å². The molecule has 1 unspecified atom stereocenters. The van der Waals surface area contributed by atoms with Crippen molar-refractivity contribution in [3.63, 3.8) is 0 Å². The lowest BCUT2D eigenvalue weighted by molar-refractivity contribution is -0.136. The summed E-state index contributed by atoms with van der Waals surface area (Å²) in [7, 11) is 0.0614. The minimum Gasteiger partial charge on any atom is -0.497 e. The monoisotopic (exact) mass is 465 g/mol. The van der Waals surface area contributed by atoms with Crippen LogP contribution in [0.15, 0.2) is 77.7 Å². The normalized spacial score (nSPS) is 12.0. The average molecular weight is 466 g/mol. The molecule has 0 saturated heterocycles. The molecule has 0 saturated carbocycles. The van der Waals surface area contributed by atoms with E-state index in [0.717, 1.165) is 6.07 Å². The van der Waals surface area contributed by atoms with E-state index in [-0.39, 0.29) is 10.8 Å². The minimum atomic E-state index is -4.50. The molecule has 0 aliphatic rings. The molecule has 0 spiro atoms. The Morgan fingerprint density at radius 3 is 2.13 bits per heavy atom. The molecule has 31 heavy (non-hydrogen) atoms. The van der Waals surface area contributed by atoms with Crippen LogP contribution in [0.5, 0.6) is 5.75 Å². The van der Waals surface area contributed by atoms with Gasteiger partial charge in [-0.15, -0.1) is 0 Å². The largest absolute Gasteiger partial charge is 0.497 e. The van der Waals surface area contributed by atoms with E-state index in [2.05, 4.69) is 15.4 Å². The summed E-state index contributed by atoms with van der Waals surface area (Å²) in [5, 5.41) is 5.38. The Bertz CT molecular complexity index is 1070. The Labute approximate surface area is 185 Å². The van der Waals surface area contributed by atoms with Crippen LogP contribution in [0.3, 0.4) is 0 Å². The smallest absolute Gasteiger partial charge is 0.418 e. The summed E-state index contributed by atoms with van der Waals surface area (Å²) in [6, 6.07) is 18.6. The van der Waals surface area contributed by atoms with Crippen LogP contribution >= 0.6 is 12.2 Å². The van der Waals surface area contributed by atoms with Gasteiger partial charge in [0.2, 0.25) is 0 Å². The van der Waals surface area contributed by atoms with Crippen LogP contribution < -0.4 is 20.1 Å². The molecule has 0 fully saturated rings. The van der Waals surface area contributed by atoms with Crippen molar-refractivity contribution in [1.82, 2.24) is 0 Å². The predicted octanol–water partition coefficient (Wildman–Crippen LogP) is 5.66. The second-order valence-corrected chi connectivity index (χ2v) is 7.87. The lowest BCUT2D eigenvalue weighted by Crippen LogP contribution is -2.21. The molecule has 0 radical (unpaired) electrons. The SMILES string of the molecule is COc1ccc(NS(=O)c2ccc(NC(=S)Nc3ccccc3C(F)(F)F)cc2)cc1. The van der Waals surface area contributed by atoms with Gasteiger partial charge in [0.05, 0.1) is 23.3 Å². The lowest BCUT2D eigenvalue weighted by atomic mass is 10.1. The van der Waals surface area contributed by atoms with Crippen molar-refractivity contribution in [3.8, 4) is 5.75 Å². The summed E-state index contributed by atoms with van der Waals surface area (Å²) < 4.78 is 59.7. The van der Waals surface area contributed by atoms with Gasteiger partial charge in [0.1, 0.15) is 16.7 Å². The maximum Gasteiger partial charge on any atom is 0.418 e. The van der Waals surface area contributed by atoms with Crippen LogP contribution in [0.4, 0.5) is 30.2 Å². The summed E-state index contributed by atoms with van der Waals surface area (Å²) >= 11 is 5.12. The molecule has 0 bridgehead atoms. The third kappa shape index (κ3) is 6.19. The first kappa shape index (κ1) is 22.6. The Morgan fingerprint density at radius 2 is 1.52 bits per heavy atom. The van der Waals surface area contributed by atoms with Crippen LogP contribution in [0, 0.1) is 0 Å². The Kier molecular flexibility index (Phi) is 7.13. The van der Waals surface area contributed by atoms with Gasteiger partial charge in [-0.25, -0.2) is 4.21 Å². The predicted molar refractivity (Wildman–Crippen MR) is 121 cm³/mol. The second kappa shape index (κ2) is 9.80. The van der Waals surface area contributed by atoms with Gasteiger partial charge in [0.15, 0.2) is 5.11 Å². The maximum atomic E-state index is 13.1. The zero-order chi connectivity index (χ0) is 22.4. The summed E-state index contributed by atoms with van der Waals surface area (Å²) in [6.45, 7) is 0. The molecule has 0 amide bonds. The van der Waals surface area contributed by atoms with Crippen LogP contribution in [-0.4, -0.2) is 16.4 Å². The number of ether oxygens (including phenoxy) is 1. The van der Waals surface area contributed by atoms with Crippen LogP contribution in [-0.2, 0) is 17.2 Å². The topological polar surface area (TPSA) is 62.4 Å². The van der Waals surface area contributed by atoms with Gasteiger partial charge in [0, 0.05) is 11.4 Å². The van der Waals surface area contributed by atoms with Gasteiger partial charge in [0.25, 0.3) is 0 Å². The van der Waals surface area contributed by atoms with Gasteiger partial charge in [-0.2, -0.15) is 13.2 Å². The van der Waals surface area contributed by atoms with Crippen molar-refractivity contribution in [1.29, 1.82) is 0 Å². The third-order valence-electron chi connectivity index (χ3n) is 4.11. The van der Waals surface area contributed by atoms with E-state index in [4.69, 9.17) is 17.0 Å². The van der Waals surface area contributed by atoms with E-state index >= 15 is 0 Å². The van der Waals surface area contributed by atoms with Gasteiger partial charge in [-0.3, -0.25) is 0 Å².